The van der Waals surface area contributed by atoms with Gasteiger partial charge in [-0.3, -0.25) is 4.79 Å². The Kier molecular flexibility index (Phi) is 6.79. The van der Waals surface area contributed by atoms with E-state index in [4.69, 9.17) is 16.1 Å². The Morgan fingerprint density at radius 1 is 1.11 bits per heavy atom. The van der Waals surface area contributed by atoms with Gasteiger partial charge in [0.25, 0.3) is 5.91 Å². The molecule has 0 aliphatic heterocycles. The average molecular weight is 399 g/mol. The maximum Gasteiger partial charge on any atom is 0.251 e. The normalized spacial score (nSPS) is 13.1. The van der Waals surface area contributed by atoms with E-state index in [-0.39, 0.29) is 11.9 Å². The topological polar surface area (TPSA) is 80.0 Å². The SMILES string of the molecule is CNC(C)Cc1noc(C(Cc2ccccc2)NC(=O)c2ccc(Cl)cc2)n1. The molecule has 7 heteroatoms. The first-order chi connectivity index (χ1) is 13.5. The van der Waals surface area contributed by atoms with Crippen molar-refractivity contribution in [2.45, 2.75) is 31.8 Å². The first-order valence-electron chi connectivity index (χ1n) is 9.15. The van der Waals surface area contributed by atoms with E-state index in [0.29, 0.717) is 35.1 Å². The standard InChI is InChI=1S/C21H23ClN4O2/c1-14(23-2)12-19-25-21(28-26-19)18(13-15-6-4-3-5-7-15)24-20(27)16-8-10-17(22)11-9-16/h3-11,14,18,23H,12-13H2,1-2H3,(H,24,27). The second kappa shape index (κ2) is 9.48. The maximum atomic E-state index is 12.7. The number of carbonyl (C=O) groups excluding carboxylic acids is 1. The molecular formula is C21H23ClN4O2. The monoisotopic (exact) mass is 398 g/mol. The molecule has 0 saturated carbocycles. The van der Waals surface area contributed by atoms with Crippen molar-refractivity contribution in [3.63, 3.8) is 0 Å². The highest BCUT2D eigenvalue weighted by Gasteiger charge is 2.23. The molecule has 2 unspecified atom stereocenters. The van der Waals surface area contributed by atoms with E-state index in [1.807, 2.05) is 44.3 Å². The van der Waals surface area contributed by atoms with Crippen molar-refractivity contribution in [1.29, 1.82) is 0 Å². The largest absolute Gasteiger partial charge is 0.340 e. The van der Waals surface area contributed by atoms with E-state index in [1.165, 1.54) is 0 Å². The predicted molar refractivity (Wildman–Crippen MR) is 108 cm³/mol. The van der Waals surface area contributed by atoms with Crippen LogP contribution in [0.5, 0.6) is 0 Å². The van der Waals surface area contributed by atoms with Gasteiger partial charge in [-0.2, -0.15) is 4.98 Å². The molecule has 3 rings (SSSR count). The summed E-state index contributed by atoms with van der Waals surface area (Å²) in [4.78, 5) is 17.2. The van der Waals surface area contributed by atoms with E-state index < -0.39 is 6.04 Å². The van der Waals surface area contributed by atoms with Crippen molar-refractivity contribution < 1.29 is 9.32 Å². The smallest absolute Gasteiger partial charge is 0.251 e. The van der Waals surface area contributed by atoms with Gasteiger partial charge in [0.1, 0.15) is 6.04 Å². The molecule has 2 N–H and O–H groups in total. The fourth-order valence-electron chi connectivity index (χ4n) is 2.76. The molecule has 0 bridgehead atoms. The van der Waals surface area contributed by atoms with Gasteiger partial charge < -0.3 is 15.2 Å². The first kappa shape index (κ1) is 20.0. The second-order valence-electron chi connectivity index (χ2n) is 6.67. The number of benzene rings is 2. The number of aromatic nitrogens is 2. The number of nitrogens with one attached hydrogen (secondary N) is 2. The predicted octanol–water partition coefficient (Wildman–Crippen LogP) is 3.59. The Balaban J connectivity index is 1.80. The summed E-state index contributed by atoms with van der Waals surface area (Å²) in [6.07, 6.45) is 1.19. The summed E-state index contributed by atoms with van der Waals surface area (Å²) in [6.45, 7) is 2.04. The first-order valence-corrected chi connectivity index (χ1v) is 9.53. The molecule has 2 atom stereocenters. The Morgan fingerprint density at radius 3 is 2.50 bits per heavy atom. The van der Waals surface area contributed by atoms with Gasteiger partial charge in [-0.25, -0.2) is 0 Å². The van der Waals surface area contributed by atoms with Crippen LogP contribution in [0.3, 0.4) is 0 Å². The van der Waals surface area contributed by atoms with Crippen LogP contribution in [0.25, 0.3) is 0 Å². The summed E-state index contributed by atoms with van der Waals surface area (Å²) in [5.74, 6) is 0.779. The van der Waals surface area contributed by atoms with Crippen LogP contribution in [0.1, 0.15) is 40.6 Å². The lowest BCUT2D eigenvalue weighted by Gasteiger charge is -2.15. The summed E-state index contributed by atoms with van der Waals surface area (Å²) in [7, 11) is 1.89. The number of hydrogen-bond donors (Lipinski definition) is 2. The molecule has 3 aromatic rings. The molecule has 146 valence electrons. The van der Waals surface area contributed by atoms with Crippen LogP contribution < -0.4 is 10.6 Å². The van der Waals surface area contributed by atoms with Crippen LogP contribution in [0.15, 0.2) is 59.1 Å². The highest BCUT2D eigenvalue weighted by Crippen LogP contribution is 2.19. The molecule has 6 nitrogen and oxygen atoms in total. The van der Waals surface area contributed by atoms with Crippen molar-refractivity contribution in [3.8, 4) is 0 Å². The average Bonchev–Trinajstić information content (AvgIpc) is 3.17. The molecule has 0 radical (unpaired) electrons. The van der Waals surface area contributed by atoms with E-state index in [1.54, 1.807) is 24.3 Å². The van der Waals surface area contributed by atoms with Gasteiger partial charge in [0.2, 0.25) is 5.89 Å². The van der Waals surface area contributed by atoms with Crippen molar-refractivity contribution in [2.75, 3.05) is 7.05 Å². The summed E-state index contributed by atoms with van der Waals surface area (Å²) < 4.78 is 5.48. The number of halogens is 1. The minimum atomic E-state index is -0.434. The van der Waals surface area contributed by atoms with Gasteiger partial charge >= 0.3 is 0 Å². The van der Waals surface area contributed by atoms with Crippen LogP contribution in [-0.4, -0.2) is 29.1 Å². The third kappa shape index (κ3) is 5.41. The van der Waals surface area contributed by atoms with Crippen LogP contribution >= 0.6 is 11.6 Å². The molecule has 1 aromatic heterocycles. The molecule has 28 heavy (non-hydrogen) atoms. The number of likely N-dealkylation sites (N-methyl/N-ethyl adjacent to an activating group) is 1. The Bertz CT molecular complexity index is 896. The second-order valence-corrected chi connectivity index (χ2v) is 7.10. The fraction of sp³-hybridized carbons (Fsp3) is 0.286. The van der Waals surface area contributed by atoms with Crippen LogP contribution in [0.4, 0.5) is 0 Å². The highest BCUT2D eigenvalue weighted by molar-refractivity contribution is 6.30. The molecule has 0 aliphatic rings. The molecule has 0 saturated heterocycles. The zero-order valence-corrected chi connectivity index (χ0v) is 16.6. The third-order valence-corrected chi connectivity index (χ3v) is 4.71. The van der Waals surface area contributed by atoms with Gasteiger partial charge in [0.05, 0.1) is 0 Å². The van der Waals surface area contributed by atoms with Gasteiger partial charge in [0, 0.05) is 29.5 Å². The summed E-state index contributed by atoms with van der Waals surface area (Å²) in [6, 6.07) is 16.4. The summed E-state index contributed by atoms with van der Waals surface area (Å²) in [5.41, 5.74) is 1.58. The molecule has 0 spiro atoms. The van der Waals surface area contributed by atoms with Crippen LogP contribution in [0, 0.1) is 0 Å². The molecule has 1 amide bonds. The lowest BCUT2D eigenvalue weighted by atomic mass is 10.1. The lowest BCUT2D eigenvalue weighted by molar-refractivity contribution is 0.0928. The quantitative estimate of drug-likeness (QED) is 0.606. The summed E-state index contributed by atoms with van der Waals surface area (Å²) >= 11 is 5.91. The lowest BCUT2D eigenvalue weighted by Crippen LogP contribution is -2.30. The molecule has 2 aromatic carbocycles. The van der Waals surface area contributed by atoms with Crippen LogP contribution in [-0.2, 0) is 12.8 Å². The number of hydrogen-bond acceptors (Lipinski definition) is 5. The summed E-state index contributed by atoms with van der Waals surface area (Å²) in [5, 5.41) is 10.8. The Labute approximate surface area is 169 Å². The molecular weight excluding hydrogens is 376 g/mol. The van der Waals surface area contributed by atoms with Gasteiger partial charge in [-0.1, -0.05) is 47.1 Å². The number of rotatable bonds is 8. The van der Waals surface area contributed by atoms with E-state index >= 15 is 0 Å². The maximum absolute atomic E-state index is 12.7. The van der Waals surface area contributed by atoms with Crippen molar-refractivity contribution in [1.82, 2.24) is 20.8 Å². The third-order valence-electron chi connectivity index (χ3n) is 4.46. The number of amides is 1. The zero-order chi connectivity index (χ0) is 19.9. The van der Waals surface area contributed by atoms with Gasteiger partial charge in [-0.15, -0.1) is 0 Å². The number of nitrogens with zero attached hydrogens (tertiary/aromatic N) is 2. The van der Waals surface area contributed by atoms with Crippen molar-refractivity contribution in [3.05, 3.63) is 82.5 Å². The van der Waals surface area contributed by atoms with Gasteiger partial charge in [-0.05, 0) is 43.8 Å². The van der Waals surface area contributed by atoms with E-state index in [9.17, 15) is 4.79 Å². The Hall–Kier alpha value is -2.70. The Morgan fingerprint density at radius 2 is 1.82 bits per heavy atom. The minimum absolute atomic E-state index is 0.221. The number of carbonyl (C=O) groups is 1. The van der Waals surface area contributed by atoms with Gasteiger partial charge in [0.15, 0.2) is 5.82 Å². The van der Waals surface area contributed by atoms with E-state index in [0.717, 1.165) is 5.56 Å². The van der Waals surface area contributed by atoms with E-state index in [2.05, 4.69) is 20.8 Å². The van der Waals surface area contributed by atoms with Crippen molar-refractivity contribution >= 4 is 17.5 Å². The molecule has 0 aliphatic carbocycles. The fourth-order valence-corrected chi connectivity index (χ4v) is 2.89. The minimum Gasteiger partial charge on any atom is -0.340 e. The van der Waals surface area contributed by atoms with Crippen molar-refractivity contribution in [2.24, 2.45) is 0 Å². The highest BCUT2D eigenvalue weighted by atomic mass is 35.5. The molecule has 0 fully saturated rings. The van der Waals surface area contributed by atoms with Crippen LogP contribution in [0.2, 0.25) is 5.02 Å². The molecule has 1 heterocycles. The zero-order valence-electron chi connectivity index (χ0n) is 15.9.